The van der Waals surface area contributed by atoms with E-state index in [0.717, 1.165) is 5.56 Å². The van der Waals surface area contributed by atoms with Crippen LogP contribution in [0, 0.1) is 0 Å². The van der Waals surface area contributed by atoms with Crippen molar-refractivity contribution < 1.29 is 19.8 Å². The summed E-state index contributed by atoms with van der Waals surface area (Å²) in [6.45, 7) is 1.28. The van der Waals surface area contributed by atoms with E-state index in [1.54, 1.807) is 36.4 Å². The second kappa shape index (κ2) is 11.9. The third-order valence-corrected chi connectivity index (χ3v) is 5.11. The van der Waals surface area contributed by atoms with Gasteiger partial charge in [-0.05, 0) is 60.6 Å². The molecule has 0 spiro atoms. The van der Waals surface area contributed by atoms with Crippen molar-refractivity contribution in [3.8, 4) is 5.75 Å². The number of hydrogen-bond donors (Lipinski definition) is 4. The Balaban J connectivity index is 1.69. The van der Waals surface area contributed by atoms with Gasteiger partial charge in [-0.1, -0.05) is 35.9 Å². The molecule has 0 bridgehead atoms. The Hall–Kier alpha value is -3.72. The molecule has 4 N–H and O–H groups in total. The van der Waals surface area contributed by atoms with Crippen molar-refractivity contribution in [2.45, 2.75) is 6.54 Å². The lowest BCUT2D eigenvalue weighted by Gasteiger charge is -2.15. The third-order valence-electron chi connectivity index (χ3n) is 4.87. The highest BCUT2D eigenvalue weighted by Crippen LogP contribution is 2.22. The van der Waals surface area contributed by atoms with Gasteiger partial charge in [0.2, 0.25) is 0 Å². The number of likely N-dealkylation sites (N-methyl/N-ethyl adjacent to an activating group) is 1. The summed E-state index contributed by atoms with van der Waals surface area (Å²) in [5.41, 5.74) is 4.87. The van der Waals surface area contributed by atoms with E-state index in [9.17, 15) is 14.7 Å². The molecule has 0 aliphatic heterocycles. The molecule has 0 aliphatic carbocycles. The summed E-state index contributed by atoms with van der Waals surface area (Å²) < 4.78 is 0. The number of nitrogens with one attached hydrogen (secondary N) is 2. The summed E-state index contributed by atoms with van der Waals surface area (Å²) in [4.78, 5) is 27.4. The number of phenols is 1. The van der Waals surface area contributed by atoms with Gasteiger partial charge in [0.05, 0.1) is 24.1 Å². The second-order valence-electron chi connectivity index (χ2n) is 7.60. The van der Waals surface area contributed by atoms with Crippen LogP contribution in [-0.4, -0.2) is 53.3 Å². The lowest BCUT2D eigenvalue weighted by molar-refractivity contribution is 0.0956. The highest BCUT2D eigenvalue weighted by molar-refractivity contribution is 6.31. The van der Waals surface area contributed by atoms with E-state index in [4.69, 9.17) is 16.7 Å². The topological polar surface area (TPSA) is 114 Å². The number of amides is 2. The Morgan fingerprint density at radius 2 is 1.82 bits per heavy atom. The molecule has 0 saturated carbocycles. The molecule has 0 atom stereocenters. The molecular weight excluding hydrogens is 456 g/mol. The third kappa shape index (κ3) is 7.14. The minimum atomic E-state index is -0.559. The molecule has 3 aromatic carbocycles. The SMILES string of the molecule is CN(CCO)Cc1ccc(C(=O)Nc2ccc(Cl)cc2C(=O)N/N=C/c2cccc(O)c2)cc1. The van der Waals surface area contributed by atoms with E-state index in [0.29, 0.717) is 29.2 Å². The van der Waals surface area contributed by atoms with Crippen LogP contribution in [0.3, 0.4) is 0 Å². The Morgan fingerprint density at radius 1 is 1.06 bits per heavy atom. The predicted molar refractivity (Wildman–Crippen MR) is 132 cm³/mol. The molecule has 0 fully saturated rings. The minimum absolute atomic E-state index is 0.0785. The van der Waals surface area contributed by atoms with Crippen LogP contribution in [0.4, 0.5) is 5.69 Å². The van der Waals surface area contributed by atoms with Crippen LogP contribution in [0.1, 0.15) is 31.8 Å². The van der Waals surface area contributed by atoms with Crippen LogP contribution < -0.4 is 10.7 Å². The molecule has 0 unspecified atom stereocenters. The first-order chi connectivity index (χ1) is 16.4. The first-order valence-electron chi connectivity index (χ1n) is 10.5. The summed E-state index contributed by atoms with van der Waals surface area (Å²) in [5.74, 6) is -0.855. The fraction of sp³-hybridized carbons (Fsp3) is 0.160. The number of hydrazone groups is 1. The minimum Gasteiger partial charge on any atom is -0.508 e. The Kier molecular flexibility index (Phi) is 8.75. The van der Waals surface area contributed by atoms with E-state index in [-0.39, 0.29) is 29.5 Å². The number of carbonyl (C=O) groups is 2. The fourth-order valence-corrected chi connectivity index (χ4v) is 3.33. The molecule has 2 amide bonds. The van der Waals surface area contributed by atoms with E-state index >= 15 is 0 Å². The van der Waals surface area contributed by atoms with Crippen molar-refractivity contribution in [2.75, 3.05) is 25.5 Å². The number of rotatable bonds is 9. The highest BCUT2D eigenvalue weighted by atomic mass is 35.5. The van der Waals surface area contributed by atoms with Crippen molar-refractivity contribution in [3.63, 3.8) is 0 Å². The predicted octanol–water partition coefficient (Wildman–Crippen LogP) is 3.49. The fourth-order valence-electron chi connectivity index (χ4n) is 3.16. The van der Waals surface area contributed by atoms with Crippen molar-refractivity contribution in [1.29, 1.82) is 0 Å². The molecule has 34 heavy (non-hydrogen) atoms. The Morgan fingerprint density at radius 3 is 2.53 bits per heavy atom. The number of aliphatic hydroxyl groups is 1. The van der Waals surface area contributed by atoms with Crippen molar-refractivity contribution in [2.24, 2.45) is 5.10 Å². The zero-order chi connectivity index (χ0) is 24.5. The zero-order valence-electron chi connectivity index (χ0n) is 18.5. The van der Waals surface area contributed by atoms with Gasteiger partial charge in [0.1, 0.15) is 5.75 Å². The number of anilines is 1. The first-order valence-corrected chi connectivity index (χ1v) is 10.8. The smallest absolute Gasteiger partial charge is 0.273 e. The molecule has 9 heteroatoms. The Labute approximate surface area is 202 Å². The van der Waals surface area contributed by atoms with Gasteiger partial charge in [-0.15, -0.1) is 0 Å². The van der Waals surface area contributed by atoms with Gasteiger partial charge in [-0.3, -0.25) is 14.5 Å². The van der Waals surface area contributed by atoms with Gasteiger partial charge in [0.15, 0.2) is 0 Å². The lowest BCUT2D eigenvalue weighted by atomic mass is 10.1. The molecule has 0 saturated heterocycles. The maximum absolute atomic E-state index is 12.8. The first kappa shape index (κ1) is 24.9. The summed E-state index contributed by atoms with van der Waals surface area (Å²) in [6.07, 6.45) is 1.39. The number of nitrogens with zero attached hydrogens (tertiary/aromatic N) is 2. The van der Waals surface area contributed by atoms with Gasteiger partial charge in [0, 0.05) is 23.7 Å². The van der Waals surface area contributed by atoms with Crippen LogP contribution in [-0.2, 0) is 6.54 Å². The number of halogens is 1. The summed E-state index contributed by atoms with van der Waals surface area (Å²) >= 11 is 6.06. The molecule has 0 aromatic heterocycles. The lowest BCUT2D eigenvalue weighted by Crippen LogP contribution is -2.22. The van der Waals surface area contributed by atoms with E-state index in [1.807, 2.05) is 24.1 Å². The second-order valence-corrected chi connectivity index (χ2v) is 8.03. The normalized spacial score (nSPS) is 11.1. The molecule has 176 valence electrons. The summed E-state index contributed by atoms with van der Waals surface area (Å²) in [6, 6.07) is 18.0. The molecule has 0 radical (unpaired) electrons. The maximum atomic E-state index is 12.8. The maximum Gasteiger partial charge on any atom is 0.273 e. The van der Waals surface area contributed by atoms with Crippen molar-refractivity contribution >= 4 is 35.3 Å². The van der Waals surface area contributed by atoms with Crippen LogP contribution in [0.25, 0.3) is 0 Å². The molecule has 8 nitrogen and oxygen atoms in total. The quantitative estimate of drug-likeness (QED) is 0.276. The van der Waals surface area contributed by atoms with Crippen LogP contribution in [0.15, 0.2) is 71.8 Å². The molecular formula is C25H25ClN4O4. The van der Waals surface area contributed by atoms with Crippen LogP contribution in [0.2, 0.25) is 5.02 Å². The molecule has 0 heterocycles. The van der Waals surface area contributed by atoms with Gasteiger partial charge < -0.3 is 15.5 Å². The Bertz CT molecular complexity index is 1180. The van der Waals surface area contributed by atoms with Crippen molar-refractivity contribution in [3.05, 3.63) is 94.0 Å². The number of aliphatic hydroxyl groups excluding tert-OH is 1. The number of hydrogen-bond acceptors (Lipinski definition) is 6. The van der Waals surface area contributed by atoms with Crippen LogP contribution in [0.5, 0.6) is 5.75 Å². The van der Waals surface area contributed by atoms with Gasteiger partial charge in [-0.25, -0.2) is 5.43 Å². The standard InChI is InChI=1S/C25H25ClN4O4/c1-30(11-12-31)16-17-5-7-19(8-6-17)24(33)28-23-10-9-20(26)14-22(23)25(34)29-27-15-18-3-2-4-21(32)13-18/h2-10,13-15,31-32H,11-12,16H2,1H3,(H,28,33)(H,29,34)/b27-15+. The molecule has 3 aromatic rings. The average Bonchev–Trinajstić information content (AvgIpc) is 2.81. The molecule has 3 rings (SSSR count). The van der Waals surface area contributed by atoms with Gasteiger partial charge >= 0.3 is 0 Å². The highest BCUT2D eigenvalue weighted by Gasteiger charge is 2.15. The largest absolute Gasteiger partial charge is 0.508 e. The number of aromatic hydroxyl groups is 1. The van der Waals surface area contributed by atoms with E-state index in [1.165, 1.54) is 24.4 Å². The average molecular weight is 481 g/mol. The summed E-state index contributed by atoms with van der Waals surface area (Å²) in [5, 5.41) is 25.5. The number of benzene rings is 3. The van der Waals surface area contributed by atoms with Gasteiger partial charge in [0.25, 0.3) is 11.8 Å². The number of phenolic OH excluding ortho intramolecular Hbond substituents is 1. The van der Waals surface area contributed by atoms with E-state index < -0.39 is 5.91 Å². The molecule has 0 aliphatic rings. The number of carbonyl (C=O) groups excluding carboxylic acids is 2. The van der Waals surface area contributed by atoms with Crippen molar-refractivity contribution in [1.82, 2.24) is 10.3 Å². The summed E-state index contributed by atoms with van der Waals surface area (Å²) in [7, 11) is 1.90. The monoisotopic (exact) mass is 480 g/mol. The zero-order valence-corrected chi connectivity index (χ0v) is 19.3. The van der Waals surface area contributed by atoms with Gasteiger partial charge in [-0.2, -0.15) is 5.10 Å². The van der Waals surface area contributed by atoms with Crippen LogP contribution >= 0.6 is 11.6 Å². The van der Waals surface area contributed by atoms with E-state index in [2.05, 4.69) is 15.8 Å².